The average molecular weight is 411 g/mol. The highest BCUT2D eigenvalue weighted by Crippen LogP contribution is 2.37. The lowest BCUT2D eigenvalue weighted by Crippen LogP contribution is -2.09. The molecule has 0 bridgehead atoms. The number of benzene rings is 1. The topological polar surface area (TPSA) is 61.9 Å². The number of ether oxygens (including phenoxy) is 1. The van der Waals surface area contributed by atoms with Crippen LogP contribution in [0, 0.1) is 13.8 Å². The summed E-state index contributed by atoms with van der Waals surface area (Å²) in [5.74, 6) is 1.39. The molecule has 1 aliphatic rings. The van der Waals surface area contributed by atoms with Gasteiger partial charge >= 0.3 is 0 Å². The van der Waals surface area contributed by atoms with Crippen LogP contribution in [0.4, 0.5) is 0 Å². The Morgan fingerprint density at radius 1 is 1.24 bits per heavy atom. The molecule has 1 aromatic carbocycles. The summed E-state index contributed by atoms with van der Waals surface area (Å²) in [5.41, 5.74) is 4.21. The quantitative estimate of drug-likeness (QED) is 0.390. The molecule has 29 heavy (non-hydrogen) atoms. The van der Waals surface area contributed by atoms with Crippen molar-refractivity contribution in [2.45, 2.75) is 50.9 Å². The molecule has 6 nitrogen and oxygen atoms in total. The van der Waals surface area contributed by atoms with E-state index < -0.39 is 0 Å². The maximum absolute atomic E-state index is 12.9. The maximum atomic E-state index is 12.9. The van der Waals surface area contributed by atoms with Gasteiger partial charge < -0.3 is 13.9 Å². The number of methoxy groups -OCH3 is 1. The number of Topliss-reactive ketones (excluding diaryl/α,β-unsaturated/α-hetero) is 1. The summed E-state index contributed by atoms with van der Waals surface area (Å²) >= 11 is 1.48. The van der Waals surface area contributed by atoms with Crippen molar-refractivity contribution >= 4 is 17.5 Å². The molecule has 0 saturated heterocycles. The molecule has 0 N–H and O–H groups in total. The predicted octanol–water partition coefficient (Wildman–Crippen LogP) is 4.26. The number of rotatable bonds is 9. The first-order chi connectivity index (χ1) is 14.1. The van der Waals surface area contributed by atoms with Gasteiger partial charge in [0.15, 0.2) is 10.9 Å². The van der Waals surface area contributed by atoms with Crippen LogP contribution >= 0.6 is 11.8 Å². The van der Waals surface area contributed by atoms with Gasteiger partial charge in [-0.05, 0) is 56.9 Å². The van der Waals surface area contributed by atoms with Gasteiger partial charge in [0.1, 0.15) is 12.1 Å². The Bertz CT molecular complexity index is 1000. The molecular formula is C22H26N4O2S. The fraction of sp³-hybridized carbons (Fsp3) is 0.409. The molecule has 7 heteroatoms. The zero-order valence-electron chi connectivity index (χ0n) is 17.1. The van der Waals surface area contributed by atoms with Crippen molar-refractivity contribution in [2.75, 3.05) is 12.9 Å². The van der Waals surface area contributed by atoms with Crippen LogP contribution in [-0.2, 0) is 13.0 Å². The monoisotopic (exact) mass is 410 g/mol. The largest absolute Gasteiger partial charge is 0.497 e. The molecule has 152 valence electrons. The lowest BCUT2D eigenvalue weighted by atomic mass is 10.1. The first-order valence-electron chi connectivity index (χ1n) is 9.92. The van der Waals surface area contributed by atoms with Crippen LogP contribution in [0.2, 0.25) is 0 Å². The Morgan fingerprint density at radius 2 is 2.00 bits per heavy atom. The van der Waals surface area contributed by atoms with Crippen molar-refractivity contribution in [2.24, 2.45) is 0 Å². The summed E-state index contributed by atoms with van der Waals surface area (Å²) in [6.07, 6.45) is 5.03. The van der Waals surface area contributed by atoms with Crippen molar-refractivity contribution in [3.8, 4) is 5.75 Å². The molecule has 4 rings (SSSR count). The third-order valence-electron chi connectivity index (χ3n) is 5.47. The Labute approximate surface area is 175 Å². The van der Waals surface area contributed by atoms with Crippen LogP contribution < -0.4 is 4.74 Å². The Morgan fingerprint density at radius 3 is 2.69 bits per heavy atom. The van der Waals surface area contributed by atoms with Crippen molar-refractivity contribution in [1.82, 2.24) is 19.3 Å². The van der Waals surface area contributed by atoms with E-state index >= 15 is 0 Å². The highest BCUT2D eigenvalue weighted by atomic mass is 32.2. The second-order valence-corrected chi connectivity index (χ2v) is 8.44. The summed E-state index contributed by atoms with van der Waals surface area (Å²) in [7, 11) is 1.67. The molecule has 1 aliphatic carbocycles. The van der Waals surface area contributed by atoms with Gasteiger partial charge in [-0.2, -0.15) is 0 Å². The number of thioether (sulfide) groups is 1. The third kappa shape index (κ3) is 4.40. The molecule has 0 radical (unpaired) electrons. The molecule has 1 fully saturated rings. The maximum Gasteiger partial charge on any atom is 0.191 e. The van der Waals surface area contributed by atoms with Crippen LogP contribution in [0.15, 0.2) is 41.8 Å². The first kappa shape index (κ1) is 19.8. The number of aromatic nitrogens is 4. The molecular weight excluding hydrogens is 384 g/mol. The number of hydrogen-bond donors (Lipinski definition) is 0. The number of ketones is 1. The summed E-state index contributed by atoms with van der Waals surface area (Å²) in [5, 5.41) is 9.02. The van der Waals surface area contributed by atoms with Gasteiger partial charge in [-0.3, -0.25) is 4.79 Å². The van der Waals surface area contributed by atoms with Gasteiger partial charge in [-0.25, -0.2) is 0 Å². The number of carbonyl (C=O) groups excluding carboxylic acids is 1. The van der Waals surface area contributed by atoms with Crippen LogP contribution in [0.5, 0.6) is 5.75 Å². The smallest absolute Gasteiger partial charge is 0.191 e. The van der Waals surface area contributed by atoms with Gasteiger partial charge in [-0.1, -0.05) is 23.9 Å². The van der Waals surface area contributed by atoms with Crippen LogP contribution in [-0.4, -0.2) is 38.0 Å². The standard InChI is InChI=1S/C22H26N4O2S/c1-15-12-20(21(27)13-29-22-24-23-14-26(22)18-6-7-18)16(2)25(15)11-10-17-4-8-19(28-3)9-5-17/h4-5,8-9,12,14,18H,6-7,10-11,13H2,1-3H3. The fourth-order valence-electron chi connectivity index (χ4n) is 3.61. The zero-order valence-corrected chi connectivity index (χ0v) is 17.9. The molecule has 3 aromatic rings. The van der Waals surface area contributed by atoms with Crippen LogP contribution in [0.3, 0.4) is 0 Å². The number of carbonyl (C=O) groups is 1. The molecule has 0 spiro atoms. The Hall–Kier alpha value is -2.54. The second-order valence-electron chi connectivity index (χ2n) is 7.50. The van der Waals surface area contributed by atoms with Crippen LogP contribution in [0.25, 0.3) is 0 Å². The molecule has 0 aliphatic heterocycles. The van der Waals surface area contributed by atoms with E-state index in [1.165, 1.54) is 30.2 Å². The van der Waals surface area contributed by atoms with Gasteiger partial charge in [0, 0.05) is 29.5 Å². The lowest BCUT2D eigenvalue weighted by Gasteiger charge is -2.10. The number of nitrogens with zero attached hydrogens (tertiary/aromatic N) is 4. The van der Waals surface area contributed by atoms with Gasteiger partial charge in [-0.15, -0.1) is 10.2 Å². The Kier molecular flexibility index (Phi) is 5.76. The van der Waals surface area contributed by atoms with E-state index in [2.05, 4.69) is 38.4 Å². The molecule has 0 unspecified atom stereocenters. The lowest BCUT2D eigenvalue weighted by molar-refractivity contribution is 0.102. The third-order valence-corrected chi connectivity index (χ3v) is 6.43. The van der Waals surface area contributed by atoms with E-state index in [-0.39, 0.29) is 5.78 Å². The number of hydrogen-bond acceptors (Lipinski definition) is 5. The van der Waals surface area contributed by atoms with Crippen LogP contribution in [0.1, 0.15) is 46.2 Å². The summed E-state index contributed by atoms with van der Waals surface area (Å²) in [4.78, 5) is 12.9. The zero-order chi connectivity index (χ0) is 20.4. The minimum absolute atomic E-state index is 0.143. The van der Waals surface area contributed by atoms with E-state index in [1.807, 2.05) is 25.1 Å². The van der Waals surface area contributed by atoms with Gasteiger partial charge in [0.25, 0.3) is 0 Å². The molecule has 2 aromatic heterocycles. The van der Waals surface area contributed by atoms with Gasteiger partial charge in [0.2, 0.25) is 0 Å². The summed E-state index contributed by atoms with van der Waals surface area (Å²) in [6.45, 7) is 4.95. The van der Waals surface area contributed by atoms with Crippen molar-refractivity contribution in [3.05, 3.63) is 59.2 Å². The van der Waals surface area contributed by atoms with Crippen molar-refractivity contribution in [3.63, 3.8) is 0 Å². The summed E-state index contributed by atoms with van der Waals surface area (Å²) in [6, 6.07) is 10.7. The van der Waals surface area contributed by atoms with E-state index in [0.29, 0.717) is 11.8 Å². The predicted molar refractivity (Wildman–Crippen MR) is 114 cm³/mol. The SMILES string of the molecule is COc1ccc(CCn2c(C)cc(C(=O)CSc3nncn3C3CC3)c2C)cc1. The second kappa shape index (κ2) is 8.45. The average Bonchev–Trinajstić information content (AvgIpc) is 3.40. The Balaban J connectivity index is 1.40. The van der Waals surface area contributed by atoms with Crippen molar-refractivity contribution in [1.29, 1.82) is 0 Å². The molecule has 0 amide bonds. The molecule has 1 saturated carbocycles. The van der Waals surface area contributed by atoms with E-state index in [9.17, 15) is 4.79 Å². The summed E-state index contributed by atoms with van der Waals surface area (Å²) < 4.78 is 9.54. The minimum atomic E-state index is 0.143. The molecule has 0 atom stereocenters. The first-order valence-corrected chi connectivity index (χ1v) is 10.9. The van der Waals surface area contributed by atoms with E-state index in [1.54, 1.807) is 13.4 Å². The fourth-order valence-corrected chi connectivity index (χ4v) is 4.47. The number of aryl methyl sites for hydroxylation is 2. The van der Waals surface area contributed by atoms with Gasteiger partial charge in [0.05, 0.1) is 12.9 Å². The highest BCUT2D eigenvalue weighted by molar-refractivity contribution is 7.99. The highest BCUT2D eigenvalue weighted by Gasteiger charge is 2.26. The van der Waals surface area contributed by atoms with E-state index in [4.69, 9.17) is 4.74 Å². The normalized spacial score (nSPS) is 13.6. The molecule has 2 heterocycles. The van der Waals surface area contributed by atoms with E-state index in [0.717, 1.165) is 40.8 Å². The van der Waals surface area contributed by atoms with Crippen molar-refractivity contribution < 1.29 is 9.53 Å². The minimum Gasteiger partial charge on any atom is -0.497 e.